The van der Waals surface area contributed by atoms with Gasteiger partial charge in [0.25, 0.3) is 5.91 Å². The Morgan fingerprint density at radius 3 is 2.62 bits per heavy atom. The molecule has 0 radical (unpaired) electrons. The van der Waals surface area contributed by atoms with Crippen LogP contribution in [0.1, 0.15) is 46.9 Å². The number of hydrogen-bond donors (Lipinski definition) is 0. The second kappa shape index (κ2) is 10.3. The Hall–Kier alpha value is -2.70. The van der Waals surface area contributed by atoms with Crippen molar-refractivity contribution in [1.82, 2.24) is 14.8 Å². The smallest absolute Gasteiger partial charge is 0.259 e. The van der Waals surface area contributed by atoms with Crippen LogP contribution in [0.25, 0.3) is 0 Å². The molecule has 0 spiro atoms. The molecule has 1 unspecified atom stereocenters. The minimum Gasteiger partial charge on any atom is -0.314 e. The van der Waals surface area contributed by atoms with Gasteiger partial charge < -0.3 is 9.80 Å². The number of pyridine rings is 1. The third kappa shape index (κ3) is 5.03. The van der Waals surface area contributed by atoms with E-state index in [2.05, 4.69) is 9.88 Å². The molecule has 1 atom stereocenters. The van der Waals surface area contributed by atoms with Crippen molar-refractivity contribution in [3.63, 3.8) is 0 Å². The van der Waals surface area contributed by atoms with Gasteiger partial charge in [-0.2, -0.15) is 0 Å². The van der Waals surface area contributed by atoms with E-state index in [0.29, 0.717) is 29.5 Å². The van der Waals surface area contributed by atoms with Gasteiger partial charge in [-0.15, -0.1) is 0 Å². The Morgan fingerprint density at radius 2 is 1.94 bits per heavy atom. The molecule has 4 rings (SSSR count). The molecular weight excluding hydrogens is 448 g/mol. The Morgan fingerprint density at radius 1 is 1.15 bits per heavy atom. The average Bonchev–Trinajstić information content (AvgIpc) is 3.37. The van der Waals surface area contributed by atoms with Crippen LogP contribution in [0.5, 0.6) is 0 Å². The lowest BCUT2D eigenvalue weighted by Gasteiger charge is -2.25. The first-order valence-electron chi connectivity index (χ1n) is 12.0. The summed E-state index contributed by atoms with van der Waals surface area (Å²) < 4.78 is 0. The molecule has 180 valence electrons. The van der Waals surface area contributed by atoms with Crippen molar-refractivity contribution >= 4 is 29.1 Å². The van der Waals surface area contributed by atoms with E-state index in [1.807, 2.05) is 68.0 Å². The topological polar surface area (TPSA) is 56.8 Å². The summed E-state index contributed by atoms with van der Waals surface area (Å²) in [6.07, 6.45) is 5.14. The number of halogens is 1. The van der Waals surface area contributed by atoms with Gasteiger partial charge in [-0.1, -0.05) is 24.6 Å². The van der Waals surface area contributed by atoms with E-state index in [4.69, 9.17) is 11.6 Å². The molecular formula is C27H33ClN4O2. The highest BCUT2D eigenvalue weighted by atomic mass is 35.5. The molecule has 6 nitrogen and oxygen atoms in total. The predicted molar refractivity (Wildman–Crippen MR) is 136 cm³/mol. The maximum atomic E-state index is 13.1. The molecule has 0 bridgehead atoms. The summed E-state index contributed by atoms with van der Waals surface area (Å²) in [5.41, 5.74) is 5.65. The molecule has 1 fully saturated rings. The zero-order chi connectivity index (χ0) is 24.4. The number of nitrogens with zero attached hydrogens (tertiary/aromatic N) is 4. The minimum absolute atomic E-state index is 0.0435. The molecule has 0 saturated carbocycles. The number of likely N-dealkylation sites (tertiary alicyclic amines) is 1. The van der Waals surface area contributed by atoms with E-state index in [-0.39, 0.29) is 11.8 Å². The molecule has 1 saturated heterocycles. The second-order valence-corrected chi connectivity index (χ2v) is 9.77. The minimum atomic E-state index is 0.0435. The number of hydrogen-bond acceptors (Lipinski definition) is 4. The van der Waals surface area contributed by atoms with Crippen LogP contribution < -0.4 is 4.90 Å². The maximum Gasteiger partial charge on any atom is 0.259 e. The lowest BCUT2D eigenvalue weighted by atomic mass is 10.1. The van der Waals surface area contributed by atoms with E-state index in [1.165, 1.54) is 5.57 Å². The number of amides is 2. The molecule has 2 aliphatic rings. The number of fused-ring (bicyclic) bond motifs is 1. The Balaban J connectivity index is 1.34. The van der Waals surface area contributed by atoms with Crippen molar-refractivity contribution in [2.24, 2.45) is 5.92 Å². The largest absolute Gasteiger partial charge is 0.314 e. The van der Waals surface area contributed by atoms with Gasteiger partial charge in [-0.3, -0.25) is 19.5 Å². The van der Waals surface area contributed by atoms with Gasteiger partial charge in [0.15, 0.2) is 0 Å². The van der Waals surface area contributed by atoms with Crippen LogP contribution >= 0.6 is 11.6 Å². The summed E-state index contributed by atoms with van der Waals surface area (Å²) >= 11 is 6.30. The fourth-order valence-corrected chi connectivity index (χ4v) is 5.13. The highest BCUT2D eigenvalue weighted by molar-refractivity contribution is 6.31. The molecule has 2 aromatic rings. The molecule has 2 amide bonds. The Kier molecular flexibility index (Phi) is 7.39. The zero-order valence-electron chi connectivity index (χ0n) is 20.5. The Labute approximate surface area is 207 Å². The highest BCUT2D eigenvalue weighted by Crippen LogP contribution is 2.31. The highest BCUT2D eigenvalue weighted by Gasteiger charge is 2.36. The predicted octanol–water partition coefficient (Wildman–Crippen LogP) is 4.77. The van der Waals surface area contributed by atoms with Crippen LogP contribution in [0.3, 0.4) is 0 Å². The van der Waals surface area contributed by atoms with Gasteiger partial charge in [0.05, 0.1) is 11.3 Å². The molecule has 2 aliphatic heterocycles. The molecule has 34 heavy (non-hydrogen) atoms. The second-order valence-electron chi connectivity index (χ2n) is 9.37. The van der Waals surface area contributed by atoms with E-state index in [0.717, 1.165) is 55.1 Å². The van der Waals surface area contributed by atoms with Crippen molar-refractivity contribution in [3.8, 4) is 0 Å². The van der Waals surface area contributed by atoms with Gasteiger partial charge >= 0.3 is 0 Å². The average molecular weight is 481 g/mol. The van der Waals surface area contributed by atoms with E-state index >= 15 is 0 Å². The van der Waals surface area contributed by atoms with Crippen LogP contribution in [0.4, 0.5) is 5.69 Å². The van der Waals surface area contributed by atoms with Crippen LogP contribution in [0.2, 0.25) is 5.02 Å². The SMILES string of the molecule is CCC(=O)N(CCCN1CC2=CN(C(=O)c3c(C)ccnc3C)CC2C1)c1ccc(C)c(Cl)c1. The summed E-state index contributed by atoms with van der Waals surface area (Å²) in [6, 6.07) is 7.70. The molecule has 3 heterocycles. The van der Waals surface area contributed by atoms with Crippen LogP contribution in [0, 0.1) is 26.7 Å². The van der Waals surface area contributed by atoms with Crippen LogP contribution in [-0.4, -0.2) is 59.3 Å². The van der Waals surface area contributed by atoms with Crippen molar-refractivity contribution in [3.05, 3.63) is 69.6 Å². The zero-order valence-corrected chi connectivity index (χ0v) is 21.2. The molecule has 0 N–H and O–H groups in total. The monoisotopic (exact) mass is 480 g/mol. The van der Waals surface area contributed by atoms with Crippen LogP contribution in [-0.2, 0) is 4.79 Å². The quantitative estimate of drug-likeness (QED) is 0.573. The van der Waals surface area contributed by atoms with Gasteiger partial charge in [0, 0.05) is 68.2 Å². The van der Waals surface area contributed by atoms with E-state index in [9.17, 15) is 9.59 Å². The first-order valence-corrected chi connectivity index (χ1v) is 12.4. The normalized spacial score (nSPS) is 17.6. The molecule has 7 heteroatoms. The Bertz CT molecular complexity index is 1110. The summed E-state index contributed by atoms with van der Waals surface area (Å²) in [6.45, 7) is 11.8. The summed E-state index contributed by atoms with van der Waals surface area (Å²) in [5, 5.41) is 0.682. The molecule has 1 aromatic heterocycles. The fourth-order valence-electron chi connectivity index (χ4n) is 4.96. The number of benzene rings is 1. The van der Waals surface area contributed by atoms with Gasteiger partial charge in [0.1, 0.15) is 0 Å². The number of carbonyl (C=O) groups excluding carboxylic acids is 2. The van der Waals surface area contributed by atoms with Crippen molar-refractivity contribution in [2.45, 2.75) is 40.5 Å². The number of rotatable bonds is 7. The third-order valence-electron chi connectivity index (χ3n) is 6.90. The van der Waals surface area contributed by atoms with Crippen molar-refractivity contribution < 1.29 is 9.59 Å². The molecule has 0 aliphatic carbocycles. The third-order valence-corrected chi connectivity index (χ3v) is 7.31. The summed E-state index contributed by atoms with van der Waals surface area (Å²) in [4.78, 5) is 36.1. The number of aromatic nitrogens is 1. The van der Waals surface area contributed by atoms with Gasteiger partial charge in [-0.05, 0) is 62.1 Å². The maximum absolute atomic E-state index is 13.1. The van der Waals surface area contributed by atoms with Crippen molar-refractivity contribution in [1.29, 1.82) is 0 Å². The standard InChI is InChI=1S/C27H33ClN4O2/c1-5-25(33)32(23-8-7-18(2)24(28)13-23)12-6-11-30-14-21-16-31(17-22(21)15-30)27(34)26-19(3)9-10-29-20(26)4/h7-10,13,16,22H,5-6,11-12,14-15,17H2,1-4H3. The molecule has 1 aromatic carbocycles. The first-order chi connectivity index (χ1) is 16.3. The number of aryl methyl sites for hydroxylation is 3. The van der Waals surface area contributed by atoms with Gasteiger partial charge in [0.2, 0.25) is 5.91 Å². The summed E-state index contributed by atoms with van der Waals surface area (Å²) in [7, 11) is 0. The van der Waals surface area contributed by atoms with E-state index < -0.39 is 0 Å². The summed E-state index contributed by atoms with van der Waals surface area (Å²) in [5.74, 6) is 0.531. The number of anilines is 1. The lowest BCUT2D eigenvalue weighted by molar-refractivity contribution is -0.118. The fraction of sp³-hybridized carbons (Fsp3) is 0.444. The van der Waals surface area contributed by atoms with Crippen molar-refractivity contribution in [2.75, 3.05) is 37.6 Å². The van der Waals surface area contributed by atoms with Crippen LogP contribution in [0.15, 0.2) is 42.2 Å². The van der Waals surface area contributed by atoms with E-state index in [1.54, 1.807) is 6.20 Å². The van der Waals surface area contributed by atoms with Gasteiger partial charge in [-0.25, -0.2) is 0 Å². The lowest BCUT2D eigenvalue weighted by Crippen LogP contribution is -2.34. The number of carbonyl (C=O) groups is 2. The first kappa shape index (κ1) is 24.4.